The van der Waals surface area contributed by atoms with Crippen LogP contribution in [0.1, 0.15) is 51.3 Å². The Morgan fingerprint density at radius 3 is 2.46 bits per heavy atom. The summed E-state index contributed by atoms with van der Waals surface area (Å²) >= 11 is 0. The maximum absolute atomic E-state index is 13.0. The predicted molar refractivity (Wildman–Crippen MR) is 89.7 cm³/mol. The molecule has 1 aromatic carbocycles. The lowest BCUT2D eigenvalue weighted by Gasteiger charge is -2.24. The SMILES string of the molecule is CCCC(CCC)C(=O)NC1=NC(c2ccc(F)cc2)NC(=O)N1. The van der Waals surface area contributed by atoms with Gasteiger partial charge in [-0.3, -0.25) is 15.4 Å². The highest BCUT2D eigenvalue weighted by Crippen LogP contribution is 2.17. The van der Waals surface area contributed by atoms with Gasteiger partial charge in [0.05, 0.1) is 0 Å². The van der Waals surface area contributed by atoms with Gasteiger partial charge in [-0.1, -0.05) is 38.8 Å². The fraction of sp³-hybridized carbons (Fsp3) is 0.471. The largest absolute Gasteiger partial charge is 0.323 e. The number of aliphatic imine (C=N–C) groups is 1. The molecular formula is C17H23FN4O2. The van der Waals surface area contributed by atoms with Crippen molar-refractivity contribution in [2.75, 3.05) is 0 Å². The highest BCUT2D eigenvalue weighted by molar-refractivity contribution is 6.05. The number of guanidine groups is 1. The number of rotatable bonds is 6. The molecule has 1 aliphatic heterocycles. The summed E-state index contributed by atoms with van der Waals surface area (Å²) in [6.07, 6.45) is 2.75. The normalized spacial score (nSPS) is 17.1. The number of halogens is 1. The summed E-state index contributed by atoms with van der Waals surface area (Å²) in [5.41, 5.74) is 0.636. The molecule has 1 aromatic rings. The molecule has 0 fully saturated rings. The molecule has 0 spiro atoms. The zero-order valence-corrected chi connectivity index (χ0v) is 13.9. The minimum atomic E-state index is -0.662. The lowest BCUT2D eigenvalue weighted by atomic mass is 9.97. The number of nitrogens with one attached hydrogen (secondary N) is 3. The molecule has 6 nitrogen and oxygen atoms in total. The van der Waals surface area contributed by atoms with Crippen molar-refractivity contribution in [1.29, 1.82) is 0 Å². The van der Waals surface area contributed by atoms with E-state index in [2.05, 4.69) is 20.9 Å². The van der Waals surface area contributed by atoms with Crippen LogP contribution in [-0.4, -0.2) is 17.9 Å². The van der Waals surface area contributed by atoms with Crippen LogP contribution in [0.15, 0.2) is 29.3 Å². The quantitative estimate of drug-likeness (QED) is 0.747. The van der Waals surface area contributed by atoms with Crippen molar-refractivity contribution >= 4 is 17.9 Å². The van der Waals surface area contributed by atoms with E-state index in [4.69, 9.17) is 0 Å². The molecule has 0 saturated carbocycles. The first-order valence-electron chi connectivity index (χ1n) is 8.25. The molecular weight excluding hydrogens is 311 g/mol. The fourth-order valence-electron chi connectivity index (χ4n) is 2.65. The summed E-state index contributed by atoms with van der Waals surface area (Å²) in [4.78, 5) is 28.5. The molecule has 0 radical (unpaired) electrons. The number of urea groups is 1. The van der Waals surface area contributed by atoms with Gasteiger partial charge in [0.15, 0.2) is 6.17 Å². The molecule has 24 heavy (non-hydrogen) atoms. The van der Waals surface area contributed by atoms with Crippen LogP contribution in [0.4, 0.5) is 9.18 Å². The predicted octanol–water partition coefficient (Wildman–Crippen LogP) is 2.83. The van der Waals surface area contributed by atoms with Gasteiger partial charge >= 0.3 is 6.03 Å². The van der Waals surface area contributed by atoms with Gasteiger partial charge in [0.1, 0.15) is 5.82 Å². The molecule has 7 heteroatoms. The first-order chi connectivity index (χ1) is 11.5. The minimum Gasteiger partial charge on any atom is -0.312 e. The fourth-order valence-corrected chi connectivity index (χ4v) is 2.65. The molecule has 1 aliphatic rings. The van der Waals surface area contributed by atoms with Gasteiger partial charge in [-0.05, 0) is 30.5 Å². The van der Waals surface area contributed by atoms with Crippen molar-refractivity contribution in [3.05, 3.63) is 35.6 Å². The second kappa shape index (κ2) is 8.42. The monoisotopic (exact) mass is 334 g/mol. The number of benzene rings is 1. The Bertz CT molecular complexity index is 610. The summed E-state index contributed by atoms with van der Waals surface area (Å²) in [6, 6.07) is 5.24. The smallest absolute Gasteiger partial charge is 0.312 e. The second-order valence-corrected chi connectivity index (χ2v) is 5.79. The zero-order chi connectivity index (χ0) is 17.5. The molecule has 3 amide bonds. The van der Waals surface area contributed by atoms with Gasteiger partial charge in [-0.2, -0.15) is 0 Å². The van der Waals surface area contributed by atoms with Crippen molar-refractivity contribution in [3.8, 4) is 0 Å². The van der Waals surface area contributed by atoms with Crippen LogP contribution >= 0.6 is 0 Å². The van der Waals surface area contributed by atoms with Gasteiger partial charge in [0, 0.05) is 5.92 Å². The summed E-state index contributed by atoms with van der Waals surface area (Å²) < 4.78 is 13.0. The Morgan fingerprint density at radius 2 is 1.88 bits per heavy atom. The lowest BCUT2D eigenvalue weighted by molar-refractivity contribution is -0.124. The van der Waals surface area contributed by atoms with Crippen molar-refractivity contribution < 1.29 is 14.0 Å². The van der Waals surface area contributed by atoms with Crippen LogP contribution in [0.3, 0.4) is 0 Å². The number of hydrogen-bond donors (Lipinski definition) is 3. The highest BCUT2D eigenvalue weighted by Gasteiger charge is 2.24. The minimum absolute atomic E-state index is 0.0984. The van der Waals surface area contributed by atoms with Gasteiger partial charge < -0.3 is 5.32 Å². The Hall–Kier alpha value is -2.44. The topological polar surface area (TPSA) is 82.6 Å². The van der Waals surface area contributed by atoms with E-state index >= 15 is 0 Å². The molecule has 2 rings (SSSR count). The van der Waals surface area contributed by atoms with E-state index in [1.165, 1.54) is 12.1 Å². The van der Waals surface area contributed by atoms with Gasteiger partial charge in [0.25, 0.3) is 0 Å². The summed E-state index contributed by atoms with van der Waals surface area (Å²) in [5, 5.41) is 7.81. The van der Waals surface area contributed by atoms with Gasteiger partial charge in [-0.25, -0.2) is 14.2 Å². The summed E-state index contributed by atoms with van der Waals surface area (Å²) in [7, 11) is 0. The van der Waals surface area contributed by atoms with Crippen LogP contribution in [0, 0.1) is 11.7 Å². The maximum atomic E-state index is 13.0. The first-order valence-corrected chi connectivity index (χ1v) is 8.25. The number of carbonyl (C=O) groups is 2. The molecule has 130 valence electrons. The highest BCUT2D eigenvalue weighted by atomic mass is 19.1. The van der Waals surface area contributed by atoms with E-state index in [-0.39, 0.29) is 23.6 Å². The standard InChI is InChI=1S/C17H23FN4O2/c1-3-5-12(6-4-2)15(23)21-16-19-14(20-17(24)22-16)11-7-9-13(18)10-8-11/h7-10,12,14H,3-6H2,1-2H3,(H3,19,20,21,22,23,24). The zero-order valence-electron chi connectivity index (χ0n) is 13.9. The van der Waals surface area contributed by atoms with E-state index in [0.717, 1.165) is 25.7 Å². The molecule has 0 bridgehead atoms. The Labute approximate surface area is 140 Å². The Kier molecular flexibility index (Phi) is 6.28. The summed E-state index contributed by atoms with van der Waals surface area (Å²) in [5.74, 6) is -0.481. The summed E-state index contributed by atoms with van der Waals surface area (Å²) in [6.45, 7) is 4.06. The molecule has 3 N–H and O–H groups in total. The molecule has 1 heterocycles. The van der Waals surface area contributed by atoms with Crippen LogP contribution in [0.5, 0.6) is 0 Å². The van der Waals surface area contributed by atoms with Crippen molar-refractivity contribution in [3.63, 3.8) is 0 Å². The van der Waals surface area contributed by atoms with E-state index in [1.807, 2.05) is 13.8 Å². The Morgan fingerprint density at radius 1 is 1.25 bits per heavy atom. The molecule has 1 atom stereocenters. The van der Waals surface area contributed by atoms with Crippen LogP contribution in [0.2, 0.25) is 0 Å². The van der Waals surface area contributed by atoms with Crippen molar-refractivity contribution in [2.45, 2.75) is 45.7 Å². The molecule has 0 aliphatic carbocycles. The molecule has 0 aromatic heterocycles. The lowest BCUT2D eigenvalue weighted by Crippen LogP contribution is -2.53. The third-order valence-electron chi connectivity index (χ3n) is 3.83. The number of nitrogens with zero attached hydrogens (tertiary/aromatic N) is 1. The van der Waals surface area contributed by atoms with Crippen molar-refractivity contribution in [2.24, 2.45) is 10.9 Å². The van der Waals surface area contributed by atoms with Gasteiger partial charge in [-0.15, -0.1) is 0 Å². The van der Waals surface area contributed by atoms with Crippen LogP contribution in [0.25, 0.3) is 0 Å². The number of amides is 3. The van der Waals surface area contributed by atoms with E-state index in [0.29, 0.717) is 5.56 Å². The third kappa shape index (κ3) is 4.78. The first kappa shape index (κ1) is 17.9. The molecule has 0 saturated heterocycles. The van der Waals surface area contributed by atoms with Crippen LogP contribution in [-0.2, 0) is 4.79 Å². The van der Waals surface area contributed by atoms with Crippen LogP contribution < -0.4 is 16.0 Å². The average Bonchev–Trinajstić information content (AvgIpc) is 2.54. The number of hydrogen-bond acceptors (Lipinski definition) is 3. The molecule has 1 unspecified atom stereocenters. The van der Waals surface area contributed by atoms with Gasteiger partial charge in [0.2, 0.25) is 11.9 Å². The Balaban J connectivity index is 2.11. The average molecular weight is 334 g/mol. The maximum Gasteiger partial charge on any atom is 0.323 e. The van der Waals surface area contributed by atoms with E-state index in [1.54, 1.807) is 12.1 Å². The van der Waals surface area contributed by atoms with E-state index < -0.39 is 12.2 Å². The van der Waals surface area contributed by atoms with E-state index in [9.17, 15) is 14.0 Å². The second-order valence-electron chi connectivity index (χ2n) is 5.79. The van der Waals surface area contributed by atoms with Crippen molar-refractivity contribution in [1.82, 2.24) is 16.0 Å². The third-order valence-corrected chi connectivity index (χ3v) is 3.83. The number of carbonyl (C=O) groups excluding carboxylic acids is 2.